The highest BCUT2D eigenvalue weighted by Gasteiger charge is 2.21. The molecule has 0 rings (SSSR count). The zero-order valence-corrected chi connectivity index (χ0v) is 9.06. The van der Waals surface area contributed by atoms with Gasteiger partial charge in [0.05, 0.1) is 0 Å². The number of hydrogen-bond acceptors (Lipinski definition) is 3. The minimum atomic E-state index is -1.13. The van der Waals surface area contributed by atoms with Gasteiger partial charge in [0.2, 0.25) is 0 Å². The normalized spacial score (nSPS) is 11.9. The van der Waals surface area contributed by atoms with Crippen molar-refractivity contribution in [3.63, 3.8) is 0 Å². The molecule has 88 valence electrons. The Morgan fingerprint density at radius 1 is 1.33 bits per heavy atom. The summed E-state index contributed by atoms with van der Waals surface area (Å²) < 4.78 is 0. The summed E-state index contributed by atoms with van der Waals surface area (Å²) >= 11 is 0. The van der Waals surface area contributed by atoms with Crippen molar-refractivity contribution in [1.29, 1.82) is 0 Å². The lowest BCUT2D eigenvalue weighted by atomic mass is 10.2. The first-order chi connectivity index (χ1) is 7.06. The van der Waals surface area contributed by atoms with Crippen LogP contribution >= 0.6 is 0 Å². The number of carboxylic acids is 1. The van der Waals surface area contributed by atoms with Crippen LogP contribution in [0.2, 0.25) is 0 Å². The molecule has 0 radical (unpaired) electrons. The van der Waals surface area contributed by atoms with Crippen molar-refractivity contribution in [2.24, 2.45) is 0 Å². The molecule has 0 aliphatic heterocycles. The van der Waals surface area contributed by atoms with E-state index in [2.05, 4.69) is 5.32 Å². The van der Waals surface area contributed by atoms with E-state index in [1.165, 1.54) is 4.90 Å². The highest BCUT2D eigenvalue weighted by atomic mass is 16.4. The summed E-state index contributed by atoms with van der Waals surface area (Å²) in [6, 6.07) is -1.44. The lowest BCUT2D eigenvalue weighted by Gasteiger charge is -2.22. The quantitative estimate of drug-likeness (QED) is 0.579. The average Bonchev–Trinajstić information content (AvgIpc) is 2.18. The van der Waals surface area contributed by atoms with Crippen LogP contribution in [-0.4, -0.2) is 52.9 Å². The Morgan fingerprint density at radius 2 is 1.87 bits per heavy atom. The summed E-state index contributed by atoms with van der Waals surface area (Å²) in [5.74, 6) is -1.13. The Balaban J connectivity index is 4.27. The zero-order valence-electron chi connectivity index (χ0n) is 9.06. The first-order valence-electron chi connectivity index (χ1n) is 4.95. The van der Waals surface area contributed by atoms with Gasteiger partial charge in [-0.05, 0) is 13.8 Å². The van der Waals surface area contributed by atoms with E-state index in [0.717, 1.165) is 0 Å². The molecular weight excluding hydrogens is 200 g/mol. The van der Waals surface area contributed by atoms with Gasteiger partial charge in [0, 0.05) is 26.1 Å². The Kier molecular flexibility index (Phi) is 6.44. The average molecular weight is 218 g/mol. The highest BCUT2D eigenvalue weighted by Crippen LogP contribution is 1.95. The molecule has 6 heteroatoms. The van der Waals surface area contributed by atoms with Gasteiger partial charge >= 0.3 is 12.0 Å². The second-order valence-electron chi connectivity index (χ2n) is 3.02. The molecule has 6 nitrogen and oxygen atoms in total. The maximum Gasteiger partial charge on any atom is 0.326 e. The van der Waals surface area contributed by atoms with Crippen LogP contribution in [0.3, 0.4) is 0 Å². The summed E-state index contributed by atoms with van der Waals surface area (Å²) in [5.41, 5.74) is 0. The topological polar surface area (TPSA) is 89.9 Å². The Bertz CT molecular complexity index is 216. The van der Waals surface area contributed by atoms with E-state index in [4.69, 9.17) is 10.2 Å². The fraction of sp³-hybridized carbons (Fsp3) is 0.778. The standard InChI is InChI=1S/C9H18N2O4/c1-3-11(4-2)9(15)10-7(5-6-12)8(13)14/h7,12H,3-6H2,1-2H3,(H,10,15)(H,13,14). The third-order valence-electron chi connectivity index (χ3n) is 2.06. The largest absolute Gasteiger partial charge is 0.480 e. The maximum absolute atomic E-state index is 11.5. The van der Waals surface area contributed by atoms with Gasteiger partial charge < -0.3 is 20.4 Å². The molecule has 15 heavy (non-hydrogen) atoms. The van der Waals surface area contributed by atoms with Crippen LogP contribution in [0.1, 0.15) is 20.3 Å². The summed E-state index contributed by atoms with van der Waals surface area (Å²) in [4.78, 5) is 23.6. The Morgan fingerprint density at radius 3 is 2.20 bits per heavy atom. The third-order valence-corrected chi connectivity index (χ3v) is 2.06. The number of aliphatic hydroxyl groups excluding tert-OH is 1. The van der Waals surface area contributed by atoms with E-state index in [-0.39, 0.29) is 13.0 Å². The number of rotatable bonds is 6. The number of nitrogens with one attached hydrogen (secondary N) is 1. The van der Waals surface area contributed by atoms with Gasteiger partial charge in [0.15, 0.2) is 0 Å². The van der Waals surface area contributed by atoms with E-state index in [9.17, 15) is 9.59 Å². The number of nitrogens with zero attached hydrogens (tertiary/aromatic N) is 1. The first kappa shape index (κ1) is 13.7. The molecule has 0 aromatic rings. The molecule has 0 bridgehead atoms. The summed E-state index contributed by atoms with van der Waals surface area (Å²) in [5, 5.41) is 19.7. The van der Waals surface area contributed by atoms with Crippen molar-refractivity contribution < 1.29 is 19.8 Å². The molecule has 0 aliphatic rings. The van der Waals surface area contributed by atoms with Gasteiger partial charge in [-0.15, -0.1) is 0 Å². The van der Waals surface area contributed by atoms with E-state index in [0.29, 0.717) is 13.1 Å². The first-order valence-corrected chi connectivity index (χ1v) is 4.95. The number of carbonyl (C=O) groups is 2. The molecular formula is C9H18N2O4. The monoisotopic (exact) mass is 218 g/mol. The van der Waals surface area contributed by atoms with Crippen LogP contribution in [0.5, 0.6) is 0 Å². The van der Waals surface area contributed by atoms with Gasteiger partial charge in [-0.25, -0.2) is 9.59 Å². The second kappa shape index (κ2) is 7.05. The molecule has 2 amide bonds. The van der Waals surface area contributed by atoms with Crippen LogP contribution < -0.4 is 5.32 Å². The van der Waals surface area contributed by atoms with Crippen LogP contribution in [0.15, 0.2) is 0 Å². The lowest BCUT2D eigenvalue weighted by molar-refractivity contribution is -0.139. The number of amides is 2. The van der Waals surface area contributed by atoms with Crippen molar-refractivity contribution >= 4 is 12.0 Å². The van der Waals surface area contributed by atoms with Gasteiger partial charge in [0.1, 0.15) is 6.04 Å². The second-order valence-corrected chi connectivity index (χ2v) is 3.02. The van der Waals surface area contributed by atoms with Gasteiger partial charge in [-0.2, -0.15) is 0 Å². The summed E-state index contributed by atoms with van der Waals surface area (Å²) in [7, 11) is 0. The van der Waals surface area contributed by atoms with Crippen molar-refractivity contribution in [2.75, 3.05) is 19.7 Å². The van der Waals surface area contributed by atoms with E-state index in [1.54, 1.807) is 0 Å². The number of carboxylic acid groups (broad SMARTS) is 1. The molecule has 0 saturated carbocycles. The van der Waals surface area contributed by atoms with Crippen LogP contribution in [0.4, 0.5) is 4.79 Å². The molecule has 3 N–H and O–H groups in total. The van der Waals surface area contributed by atoms with E-state index < -0.39 is 18.0 Å². The van der Waals surface area contributed by atoms with Crippen molar-refractivity contribution in [3.05, 3.63) is 0 Å². The molecule has 0 saturated heterocycles. The molecule has 0 aliphatic carbocycles. The van der Waals surface area contributed by atoms with E-state index in [1.807, 2.05) is 13.8 Å². The minimum Gasteiger partial charge on any atom is -0.480 e. The number of urea groups is 1. The summed E-state index contributed by atoms with van der Waals surface area (Å²) in [6.45, 7) is 4.40. The maximum atomic E-state index is 11.5. The van der Waals surface area contributed by atoms with Crippen molar-refractivity contribution in [2.45, 2.75) is 26.3 Å². The lowest BCUT2D eigenvalue weighted by Crippen LogP contribution is -2.48. The van der Waals surface area contributed by atoms with Gasteiger partial charge in [-0.1, -0.05) is 0 Å². The predicted molar refractivity (Wildman–Crippen MR) is 54.6 cm³/mol. The Labute approximate surface area is 88.9 Å². The third kappa shape index (κ3) is 4.64. The SMILES string of the molecule is CCN(CC)C(=O)NC(CCO)C(=O)O. The number of carbonyl (C=O) groups excluding carboxylic acids is 1. The van der Waals surface area contributed by atoms with Crippen LogP contribution in [0.25, 0.3) is 0 Å². The molecule has 0 fully saturated rings. The number of aliphatic hydroxyl groups is 1. The van der Waals surface area contributed by atoms with Crippen molar-refractivity contribution in [1.82, 2.24) is 10.2 Å². The van der Waals surface area contributed by atoms with Crippen LogP contribution in [-0.2, 0) is 4.79 Å². The highest BCUT2D eigenvalue weighted by molar-refractivity contribution is 5.82. The zero-order chi connectivity index (χ0) is 11.8. The molecule has 0 aromatic heterocycles. The van der Waals surface area contributed by atoms with E-state index >= 15 is 0 Å². The number of hydrogen-bond donors (Lipinski definition) is 3. The molecule has 1 unspecified atom stereocenters. The van der Waals surface area contributed by atoms with Gasteiger partial charge in [0.25, 0.3) is 0 Å². The Hall–Kier alpha value is -1.30. The minimum absolute atomic E-state index is 0.0162. The fourth-order valence-electron chi connectivity index (χ4n) is 1.14. The van der Waals surface area contributed by atoms with Crippen LogP contribution in [0, 0.1) is 0 Å². The summed E-state index contributed by atoms with van der Waals surface area (Å²) in [6.07, 6.45) is 0.0162. The molecule has 1 atom stereocenters. The predicted octanol–water partition coefficient (Wildman–Crippen LogP) is -0.127. The van der Waals surface area contributed by atoms with Crippen molar-refractivity contribution in [3.8, 4) is 0 Å². The fourth-order valence-corrected chi connectivity index (χ4v) is 1.14. The number of aliphatic carboxylic acids is 1. The molecule has 0 heterocycles. The van der Waals surface area contributed by atoms with Gasteiger partial charge in [-0.3, -0.25) is 0 Å². The smallest absolute Gasteiger partial charge is 0.326 e. The molecule has 0 spiro atoms. The molecule has 0 aromatic carbocycles.